The number of nitrogens with zero attached hydrogens (tertiary/aromatic N) is 2. The predicted molar refractivity (Wildman–Crippen MR) is 185 cm³/mol. The summed E-state index contributed by atoms with van der Waals surface area (Å²) in [5.74, 6) is -2.03. The van der Waals surface area contributed by atoms with Crippen LogP contribution in [0.1, 0.15) is 168 Å². The first-order chi connectivity index (χ1) is 20.1. The molecule has 44 heavy (non-hydrogen) atoms. The SMILES string of the molecule is CCCCCCCCCCCC(=O)N(C)CC(=O)O.CCCCCCCCCCCCCCCC(=O)N(C)CC(=O)O.N.[NaH]. The Morgan fingerprint density at radius 3 is 0.841 bits per heavy atom. The molecule has 0 atom stereocenters. The van der Waals surface area contributed by atoms with Gasteiger partial charge in [-0.05, 0) is 12.8 Å². The minimum absolute atomic E-state index is 0. The third-order valence-corrected chi connectivity index (χ3v) is 7.58. The molecule has 10 heteroatoms. The summed E-state index contributed by atoms with van der Waals surface area (Å²) < 4.78 is 0. The Hall–Kier alpha value is -1.16. The molecule has 0 saturated carbocycles. The molecule has 0 aromatic rings. The van der Waals surface area contributed by atoms with E-state index < -0.39 is 11.9 Å². The summed E-state index contributed by atoms with van der Waals surface area (Å²) >= 11 is 0. The molecule has 0 rings (SSSR count). The monoisotopic (exact) mass is 640 g/mol. The van der Waals surface area contributed by atoms with E-state index in [-0.39, 0.29) is 60.6 Å². The van der Waals surface area contributed by atoms with E-state index in [0.29, 0.717) is 12.8 Å². The second kappa shape index (κ2) is 38.0. The van der Waals surface area contributed by atoms with Gasteiger partial charge in [0.25, 0.3) is 0 Å². The van der Waals surface area contributed by atoms with E-state index in [1.54, 1.807) is 14.1 Å². The number of carbonyl (C=O) groups is 4. The van der Waals surface area contributed by atoms with Gasteiger partial charge in [-0.25, -0.2) is 0 Å². The van der Waals surface area contributed by atoms with Crippen LogP contribution in [0.2, 0.25) is 0 Å². The second-order valence-corrected chi connectivity index (χ2v) is 11.9. The number of hydrogen-bond acceptors (Lipinski definition) is 5. The number of carboxylic acids is 2. The van der Waals surface area contributed by atoms with Gasteiger partial charge in [0.1, 0.15) is 13.1 Å². The summed E-state index contributed by atoms with van der Waals surface area (Å²) in [6, 6.07) is 0. The van der Waals surface area contributed by atoms with Crippen molar-refractivity contribution in [3.63, 3.8) is 0 Å². The maximum absolute atomic E-state index is 11.6. The molecule has 0 aliphatic carbocycles. The maximum atomic E-state index is 11.6. The van der Waals surface area contributed by atoms with Gasteiger partial charge < -0.3 is 26.2 Å². The van der Waals surface area contributed by atoms with E-state index in [1.807, 2.05) is 0 Å². The molecule has 0 fully saturated rings. The summed E-state index contributed by atoms with van der Waals surface area (Å²) in [4.78, 5) is 46.7. The average molecular weight is 640 g/mol. The summed E-state index contributed by atoms with van der Waals surface area (Å²) in [6.45, 7) is 4.08. The van der Waals surface area contributed by atoms with E-state index in [1.165, 1.54) is 125 Å². The van der Waals surface area contributed by atoms with Crippen molar-refractivity contribution in [3.05, 3.63) is 0 Å². The van der Waals surface area contributed by atoms with Crippen molar-refractivity contribution in [3.8, 4) is 0 Å². The number of amides is 2. The third-order valence-electron chi connectivity index (χ3n) is 7.58. The van der Waals surface area contributed by atoms with Crippen molar-refractivity contribution < 1.29 is 29.4 Å². The topological polar surface area (TPSA) is 150 Å². The van der Waals surface area contributed by atoms with Gasteiger partial charge in [0, 0.05) is 26.9 Å². The number of aliphatic carboxylic acids is 2. The average Bonchev–Trinajstić information content (AvgIpc) is 2.94. The summed E-state index contributed by atoms with van der Waals surface area (Å²) in [5.41, 5.74) is 0. The van der Waals surface area contributed by atoms with Crippen LogP contribution in [-0.4, -0.2) is 101 Å². The molecule has 2 amide bonds. The van der Waals surface area contributed by atoms with E-state index in [0.717, 1.165) is 25.7 Å². The number of likely N-dealkylation sites (N-methyl/N-ethyl adjacent to an activating group) is 2. The van der Waals surface area contributed by atoms with Crippen molar-refractivity contribution in [2.75, 3.05) is 27.2 Å². The number of carboxylic acid groups (broad SMARTS) is 2. The van der Waals surface area contributed by atoms with Crippen LogP contribution in [0.25, 0.3) is 0 Å². The molecule has 9 nitrogen and oxygen atoms in total. The van der Waals surface area contributed by atoms with Gasteiger partial charge in [-0.1, -0.05) is 142 Å². The normalized spacial score (nSPS) is 10.1. The van der Waals surface area contributed by atoms with Gasteiger partial charge in [0.05, 0.1) is 0 Å². The summed E-state index contributed by atoms with van der Waals surface area (Å²) in [7, 11) is 3.10. The molecule has 0 aliphatic rings. The van der Waals surface area contributed by atoms with Gasteiger partial charge in [-0.3, -0.25) is 19.2 Å². The molecule has 0 bridgehead atoms. The van der Waals surface area contributed by atoms with Crippen molar-refractivity contribution in [1.29, 1.82) is 0 Å². The van der Waals surface area contributed by atoms with Gasteiger partial charge in [0.15, 0.2) is 0 Å². The van der Waals surface area contributed by atoms with Crippen LogP contribution in [0, 0.1) is 0 Å². The molecule has 0 aromatic heterocycles. The second-order valence-electron chi connectivity index (χ2n) is 11.9. The van der Waals surface area contributed by atoms with E-state index in [9.17, 15) is 19.2 Å². The fourth-order valence-corrected chi connectivity index (χ4v) is 4.84. The van der Waals surface area contributed by atoms with Crippen LogP contribution in [-0.2, 0) is 19.2 Å². The van der Waals surface area contributed by atoms with Crippen molar-refractivity contribution in [2.24, 2.45) is 0 Å². The Bertz CT molecular complexity index is 681. The first kappa shape index (κ1) is 49.7. The van der Waals surface area contributed by atoms with Gasteiger partial charge in [-0.15, -0.1) is 0 Å². The molecular weight excluding hydrogens is 569 g/mol. The number of hydrogen-bond donors (Lipinski definition) is 3. The van der Waals surface area contributed by atoms with E-state index >= 15 is 0 Å². The summed E-state index contributed by atoms with van der Waals surface area (Å²) in [5, 5.41) is 17.2. The third kappa shape index (κ3) is 38.9. The molecular formula is C34H70N3NaO6. The molecule has 0 aromatic carbocycles. The van der Waals surface area contributed by atoms with Crippen molar-refractivity contribution in [2.45, 2.75) is 168 Å². The standard InChI is InChI=1S/C19H37NO3.C15H29NO3.H3N.Na.H/c1-3-4-5-6-7-8-9-10-11-12-13-14-15-16-18(21)20(2)17-19(22)23;1-3-4-5-6-7-8-9-10-11-12-14(17)16(2)13-15(18)19;;;/h3-17H2,1-2H3,(H,22,23);3-13H2,1-2H3,(H,18,19);1H3;;. The molecule has 0 unspecified atom stereocenters. The van der Waals surface area contributed by atoms with Crippen LogP contribution < -0.4 is 6.15 Å². The quantitative estimate of drug-likeness (QED) is 0.0580. The van der Waals surface area contributed by atoms with Gasteiger partial charge >= 0.3 is 41.5 Å². The van der Waals surface area contributed by atoms with Crippen LogP contribution in [0.3, 0.4) is 0 Å². The first-order valence-electron chi connectivity index (χ1n) is 17.1. The van der Waals surface area contributed by atoms with Crippen molar-refractivity contribution >= 4 is 53.3 Å². The molecule has 0 spiro atoms. The van der Waals surface area contributed by atoms with Gasteiger partial charge in [0.2, 0.25) is 11.8 Å². The minimum atomic E-state index is -0.956. The zero-order chi connectivity index (χ0) is 31.8. The van der Waals surface area contributed by atoms with Gasteiger partial charge in [-0.2, -0.15) is 0 Å². The molecule has 0 aliphatic heterocycles. The Labute approximate surface area is 292 Å². The van der Waals surface area contributed by atoms with E-state index in [2.05, 4.69) is 13.8 Å². The Morgan fingerprint density at radius 2 is 0.636 bits per heavy atom. The Balaban J connectivity index is -0.000000354. The molecule has 0 saturated heterocycles. The fourth-order valence-electron chi connectivity index (χ4n) is 4.84. The zero-order valence-electron chi connectivity index (χ0n) is 28.5. The van der Waals surface area contributed by atoms with Crippen LogP contribution in [0.5, 0.6) is 0 Å². The molecule has 0 heterocycles. The number of carbonyl (C=O) groups excluding carboxylic acids is 2. The molecule has 258 valence electrons. The predicted octanol–water partition coefficient (Wildman–Crippen LogP) is 7.97. The number of unbranched alkanes of at least 4 members (excludes halogenated alkanes) is 20. The Kier molecular flexibility index (Phi) is 43.0. The fraction of sp³-hybridized carbons (Fsp3) is 0.882. The molecule has 5 N–H and O–H groups in total. The van der Waals surface area contributed by atoms with E-state index in [4.69, 9.17) is 10.2 Å². The zero-order valence-corrected chi connectivity index (χ0v) is 28.5. The van der Waals surface area contributed by atoms with Crippen LogP contribution >= 0.6 is 0 Å². The Morgan fingerprint density at radius 1 is 0.432 bits per heavy atom. The first-order valence-corrected chi connectivity index (χ1v) is 17.1. The molecule has 0 radical (unpaired) electrons. The van der Waals surface area contributed by atoms with Crippen LogP contribution in [0.15, 0.2) is 0 Å². The van der Waals surface area contributed by atoms with Crippen LogP contribution in [0.4, 0.5) is 0 Å². The number of rotatable bonds is 28. The summed E-state index contributed by atoms with van der Waals surface area (Å²) in [6.07, 6.45) is 28.6. The van der Waals surface area contributed by atoms with Crippen molar-refractivity contribution in [1.82, 2.24) is 16.0 Å².